The molecular weight excluding hydrogens is 340 g/mol. The number of hydrogen-bond acceptors (Lipinski definition) is 6. The molecule has 0 unspecified atom stereocenters. The molecule has 1 aliphatic rings. The standard InChI is InChI=1S/C20H26N6O/c1-13-18(23-16-4-3-5-17(12-16)27-2)20-22-10-11-26(20)25-19(13)24-15-8-6-14(21)7-9-15/h3-5,10-12,14-15,23H,6-9,21H2,1-2H3,(H,24,25). The molecule has 0 spiro atoms. The van der Waals surface area contributed by atoms with Gasteiger partial charge in [0.25, 0.3) is 0 Å². The molecule has 0 amide bonds. The molecule has 4 N–H and O–H groups in total. The Kier molecular flexibility index (Phi) is 4.85. The van der Waals surface area contributed by atoms with Crippen molar-refractivity contribution in [1.29, 1.82) is 0 Å². The minimum Gasteiger partial charge on any atom is -0.497 e. The van der Waals surface area contributed by atoms with Gasteiger partial charge in [-0.2, -0.15) is 0 Å². The van der Waals surface area contributed by atoms with E-state index in [0.717, 1.165) is 59.8 Å². The molecule has 0 saturated heterocycles. The predicted molar refractivity (Wildman–Crippen MR) is 108 cm³/mol. The van der Waals surface area contributed by atoms with Crippen molar-refractivity contribution in [2.75, 3.05) is 17.7 Å². The topological polar surface area (TPSA) is 89.5 Å². The van der Waals surface area contributed by atoms with Crippen LogP contribution in [-0.2, 0) is 0 Å². The van der Waals surface area contributed by atoms with Crippen LogP contribution in [0, 0.1) is 6.92 Å². The number of benzene rings is 1. The van der Waals surface area contributed by atoms with E-state index in [9.17, 15) is 0 Å². The lowest BCUT2D eigenvalue weighted by molar-refractivity contribution is 0.410. The van der Waals surface area contributed by atoms with Crippen LogP contribution in [0.4, 0.5) is 17.2 Å². The number of rotatable bonds is 5. The molecule has 0 radical (unpaired) electrons. The minimum absolute atomic E-state index is 0.332. The molecule has 3 aromatic rings. The van der Waals surface area contributed by atoms with Crippen molar-refractivity contribution < 1.29 is 4.74 Å². The lowest BCUT2D eigenvalue weighted by Gasteiger charge is -2.28. The predicted octanol–water partition coefficient (Wildman–Crippen LogP) is 3.47. The third-order valence-electron chi connectivity index (χ3n) is 5.23. The monoisotopic (exact) mass is 366 g/mol. The first-order valence-corrected chi connectivity index (χ1v) is 9.41. The molecule has 1 aliphatic carbocycles. The van der Waals surface area contributed by atoms with E-state index in [1.807, 2.05) is 35.0 Å². The van der Waals surface area contributed by atoms with Gasteiger partial charge in [-0.25, -0.2) is 9.50 Å². The van der Waals surface area contributed by atoms with Gasteiger partial charge in [0.05, 0.1) is 12.8 Å². The van der Waals surface area contributed by atoms with Gasteiger partial charge in [-0.3, -0.25) is 0 Å². The van der Waals surface area contributed by atoms with E-state index < -0.39 is 0 Å². The van der Waals surface area contributed by atoms with Gasteiger partial charge in [-0.05, 0) is 44.7 Å². The normalized spacial score (nSPS) is 19.8. The highest BCUT2D eigenvalue weighted by molar-refractivity contribution is 5.80. The third-order valence-corrected chi connectivity index (χ3v) is 5.23. The maximum Gasteiger partial charge on any atom is 0.177 e. The molecule has 0 aliphatic heterocycles. The van der Waals surface area contributed by atoms with Crippen molar-refractivity contribution in [2.24, 2.45) is 5.73 Å². The molecule has 0 atom stereocenters. The summed E-state index contributed by atoms with van der Waals surface area (Å²) >= 11 is 0. The second-order valence-electron chi connectivity index (χ2n) is 7.16. The molecule has 1 saturated carbocycles. The Bertz CT molecular complexity index is 929. The third kappa shape index (κ3) is 3.68. The van der Waals surface area contributed by atoms with Gasteiger partial charge < -0.3 is 21.1 Å². The number of methoxy groups -OCH3 is 1. The molecule has 142 valence electrons. The summed E-state index contributed by atoms with van der Waals surface area (Å²) in [5, 5.41) is 11.8. The van der Waals surface area contributed by atoms with Gasteiger partial charge in [-0.15, -0.1) is 5.10 Å². The number of aromatic nitrogens is 3. The fraction of sp³-hybridized carbons (Fsp3) is 0.400. The van der Waals surface area contributed by atoms with Crippen LogP contribution in [0.2, 0.25) is 0 Å². The van der Waals surface area contributed by atoms with Crippen molar-refractivity contribution in [3.05, 3.63) is 42.2 Å². The highest BCUT2D eigenvalue weighted by atomic mass is 16.5. The first-order valence-electron chi connectivity index (χ1n) is 9.41. The average molecular weight is 366 g/mol. The number of nitrogens with zero attached hydrogens (tertiary/aromatic N) is 3. The summed E-state index contributed by atoms with van der Waals surface area (Å²) in [4.78, 5) is 4.48. The number of hydrogen-bond donors (Lipinski definition) is 3. The van der Waals surface area contributed by atoms with Crippen LogP contribution in [0.5, 0.6) is 5.75 Å². The van der Waals surface area contributed by atoms with Gasteiger partial charge in [0.15, 0.2) is 11.5 Å². The quantitative estimate of drug-likeness (QED) is 0.641. The van der Waals surface area contributed by atoms with E-state index in [4.69, 9.17) is 15.6 Å². The first kappa shape index (κ1) is 17.6. The number of nitrogens with one attached hydrogen (secondary N) is 2. The zero-order valence-corrected chi connectivity index (χ0v) is 15.8. The van der Waals surface area contributed by atoms with Crippen LogP contribution in [-0.4, -0.2) is 33.8 Å². The maximum absolute atomic E-state index is 6.04. The lowest BCUT2D eigenvalue weighted by Crippen LogP contribution is -2.33. The van der Waals surface area contributed by atoms with Crippen LogP contribution in [0.1, 0.15) is 31.2 Å². The van der Waals surface area contributed by atoms with Gasteiger partial charge in [0.2, 0.25) is 0 Å². The van der Waals surface area contributed by atoms with Crippen LogP contribution < -0.4 is 21.1 Å². The summed E-state index contributed by atoms with van der Waals surface area (Å²) in [6.45, 7) is 2.07. The lowest BCUT2D eigenvalue weighted by atomic mass is 9.92. The number of imidazole rings is 1. The molecule has 27 heavy (non-hydrogen) atoms. The van der Waals surface area contributed by atoms with E-state index in [2.05, 4.69) is 22.5 Å². The molecule has 7 nitrogen and oxygen atoms in total. The van der Waals surface area contributed by atoms with E-state index >= 15 is 0 Å². The van der Waals surface area contributed by atoms with E-state index in [1.54, 1.807) is 13.3 Å². The van der Waals surface area contributed by atoms with Gasteiger partial charge >= 0.3 is 0 Å². The Morgan fingerprint density at radius 3 is 2.81 bits per heavy atom. The van der Waals surface area contributed by atoms with Crippen molar-refractivity contribution in [3.63, 3.8) is 0 Å². The van der Waals surface area contributed by atoms with Crippen molar-refractivity contribution in [3.8, 4) is 5.75 Å². The summed E-state index contributed by atoms with van der Waals surface area (Å²) in [5.41, 5.74) is 9.77. The molecule has 2 aromatic heterocycles. The summed E-state index contributed by atoms with van der Waals surface area (Å²) in [6, 6.07) is 8.61. The highest BCUT2D eigenvalue weighted by Crippen LogP contribution is 2.31. The van der Waals surface area contributed by atoms with Crippen LogP contribution in [0.15, 0.2) is 36.7 Å². The summed E-state index contributed by atoms with van der Waals surface area (Å²) in [6.07, 6.45) is 7.89. The molecule has 7 heteroatoms. The van der Waals surface area contributed by atoms with E-state index in [0.29, 0.717) is 12.1 Å². The van der Waals surface area contributed by atoms with Crippen LogP contribution >= 0.6 is 0 Å². The second kappa shape index (κ2) is 7.44. The Labute approximate surface area is 158 Å². The zero-order valence-electron chi connectivity index (χ0n) is 15.8. The van der Waals surface area contributed by atoms with Crippen molar-refractivity contribution in [2.45, 2.75) is 44.7 Å². The maximum atomic E-state index is 6.04. The first-order chi connectivity index (χ1) is 13.1. The zero-order chi connectivity index (χ0) is 18.8. The SMILES string of the molecule is COc1cccc(Nc2c(C)c(NC3CCC(N)CC3)nn3ccnc23)c1. The number of ether oxygens (including phenoxy) is 1. The van der Waals surface area contributed by atoms with Gasteiger partial charge in [0.1, 0.15) is 5.75 Å². The van der Waals surface area contributed by atoms with Crippen LogP contribution in [0.25, 0.3) is 5.65 Å². The Balaban J connectivity index is 1.66. The van der Waals surface area contributed by atoms with E-state index in [-0.39, 0.29) is 0 Å². The molecule has 4 rings (SSSR count). The summed E-state index contributed by atoms with van der Waals surface area (Å²) in [5.74, 6) is 1.69. The second-order valence-corrected chi connectivity index (χ2v) is 7.16. The van der Waals surface area contributed by atoms with Crippen LogP contribution in [0.3, 0.4) is 0 Å². The number of nitrogens with two attached hydrogens (primary N) is 1. The number of fused-ring (bicyclic) bond motifs is 1. The summed E-state index contributed by atoms with van der Waals surface area (Å²) in [7, 11) is 1.67. The molecule has 2 heterocycles. The van der Waals surface area contributed by atoms with E-state index in [1.165, 1.54) is 0 Å². The van der Waals surface area contributed by atoms with Crippen molar-refractivity contribution in [1.82, 2.24) is 14.6 Å². The largest absolute Gasteiger partial charge is 0.497 e. The minimum atomic E-state index is 0.332. The molecule has 1 aromatic carbocycles. The molecule has 0 bridgehead atoms. The Morgan fingerprint density at radius 1 is 1.22 bits per heavy atom. The fourth-order valence-corrected chi connectivity index (χ4v) is 3.61. The Morgan fingerprint density at radius 2 is 2.04 bits per heavy atom. The van der Waals surface area contributed by atoms with Crippen molar-refractivity contribution >= 4 is 22.8 Å². The Hall–Kier alpha value is -2.80. The fourth-order valence-electron chi connectivity index (χ4n) is 3.61. The highest BCUT2D eigenvalue weighted by Gasteiger charge is 2.21. The molecule has 1 fully saturated rings. The molecular formula is C20H26N6O. The smallest absolute Gasteiger partial charge is 0.177 e. The van der Waals surface area contributed by atoms with Gasteiger partial charge in [0, 0.05) is 41.8 Å². The van der Waals surface area contributed by atoms with Gasteiger partial charge in [-0.1, -0.05) is 6.07 Å². The number of anilines is 3. The average Bonchev–Trinajstić information content (AvgIpc) is 3.15. The summed E-state index contributed by atoms with van der Waals surface area (Å²) < 4.78 is 7.14.